The van der Waals surface area contributed by atoms with Gasteiger partial charge in [0.05, 0.1) is 5.54 Å². The van der Waals surface area contributed by atoms with Crippen LogP contribution in [0.5, 0.6) is 0 Å². The third kappa shape index (κ3) is 2.88. The Labute approximate surface area is 134 Å². The minimum absolute atomic E-state index is 0.111. The van der Waals surface area contributed by atoms with Gasteiger partial charge in [-0.3, -0.25) is 4.79 Å². The minimum Gasteiger partial charge on any atom is -0.346 e. The first kappa shape index (κ1) is 15.0. The van der Waals surface area contributed by atoms with Crippen LogP contribution in [-0.4, -0.2) is 12.5 Å². The molecule has 2 saturated carbocycles. The summed E-state index contributed by atoms with van der Waals surface area (Å²) in [4.78, 5) is 12.7. The molecule has 2 atom stereocenters. The Bertz CT molecular complexity index is 527. The van der Waals surface area contributed by atoms with Crippen LogP contribution in [0.3, 0.4) is 0 Å². The Kier molecular flexibility index (Phi) is 4.36. The van der Waals surface area contributed by atoms with Crippen molar-refractivity contribution in [1.82, 2.24) is 5.32 Å². The molecule has 0 heterocycles. The molecule has 0 bridgehead atoms. The van der Waals surface area contributed by atoms with E-state index in [-0.39, 0.29) is 17.4 Å². The highest BCUT2D eigenvalue weighted by Gasteiger charge is 2.42. The van der Waals surface area contributed by atoms with Crippen LogP contribution in [0.1, 0.15) is 44.1 Å². The van der Waals surface area contributed by atoms with Crippen molar-refractivity contribution in [3.63, 3.8) is 0 Å². The largest absolute Gasteiger partial charge is 0.346 e. The number of halogens is 1. The van der Waals surface area contributed by atoms with Crippen LogP contribution in [0.4, 0.5) is 0 Å². The minimum atomic E-state index is -0.150. The maximum absolute atomic E-state index is 12.7. The number of carbonyl (C=O) groups is 1. The summed E-state index contributed by atoms with van der Waals surface area (Å²) in [6.45, 7) is 0.627. The quantitative estimate of drug-likeness (QED) is 0.874. The van der Waals surface area contributed by atoms with Gasteiger partial charge in [-0.1, -0.05) is 34.5 Å². The van der Waals surface area contributed by atoms with Crippen LogP contribution in [0.2, 0.25) is 0 Å². The SMILES string of the molecule is NC[C@H]1CCC[C@H]1C(=O)NC1(c2cccc(Br)c2)CCC1. The average molecular weight is 351 g/mol. The van der Waals surface area contributed by atoms with Crippen LogP contribution in [0.15, 0.2) is 28.7 Å². The highest BCUT2D eigenvalue weighted by molar-refractivity contribution is 9.10. The van der Waals surface area contributed by atoms with Crippen molar-refractivity contribution in [1.29, 1.82) is 0 Å². The van der Waals surface area contributed by atoms with E-state index in [9.17, 15) is 4.79 Å². The van der Waals surface area contributed by atoms with Gasteiger partial charge in [-0.15, -0.1) is 0 Å². The van der Waals surface area contributed by atoms with Crippen molar-refractivity contribution in [2.75, 3.05) is 6.54 Å². The molecule has 0 saturated heterocycles. The summed E-state index contributed by atoms with van der Waals surface area (Å²) in [5, 5.41) is 3.36. The normalized spacial score (nSPS) is 27.1. The lowest BCUT2D eigenvalue weighted by atomic mass is 9.71. The molecule has 21 heavy (non-hydrogen) atoms. The van der Waals surface area contributed by atoms with E-state index < -0.39 is 0 Å². The molecule has 0 spiro atoms. The van der Waals surface area contributed by atoms with Crippen LogP contribution in [0, 0.1) is 11.8 Å². The van der Waals surface area contributed by atoms with Crippen molar-refractivity contribution in [2.45, 2.75) is 44.1 Å². The molecule has 0 radical (unpaired) electrons. The Morgan fingerprint density at radius 3 is 2.76 bits per heavy atom. The summed E-state index contributed by atoms with van der Waals surface area (Å²) < 4.78 is 1.07. The van der Waals surface area contributed by atoms with Gasteiger partial charge in [-0.25, -0.2) is 0 Å². The van der Waals surface area contributed by atoms with Gasteiger partial charge in [0.15, 0.2) is 0 Å². The molecule has 0 aliphatic heterocycles. The van der Waals surface area contributed by atoms with E-state index in [0.717, 1.165) is 36.6 Å². The summed E-state index contributed by atoms with van der Waals surface area (Å²) in [6, 6.07) is 8.33. The molecule has 2 fully saturated rings. The lowest BCUT2D eigenvalue weighted by Crippen LogP contribution is -2.53. The summed E-state index contributed by atoms with van der Waals surface area (Å²) in [5.74, 6) is 0.687. The van der Waals surface area contributed by atoms with E-state index in [1.165, 1.54) is 12.0 Å². The maximum atomic E-state index is 12.7. The second kappa shape index (κ2) is 6.09. The van der Waals surface area contributed by atoms with Gasteiger partial charge >= 0.3 is 0 Å². The predicted molar refractivity (Wildman–Crippen MR) is 87.7 cm³/mol. The summed E-state index contributed by atoms with van der Waals surface area (Å²) in [6.07, 6.45) is 6.47. The smallest absolute Gasteiger partial charge is 0.224 e. The second-order valence-corrected chi connectivity index (χ2v) is 7.38. The van der Waals surface area contributed by atoms with Crippen molar-refractivity contribution < 1.29 is 4.79 Å². The van der Waals surface area contributed by atoms with Crippen LogP contribution < -0.4 is 11.1 Å². The van der Waals surface area contributed by atoms with Crippen LogP contribution in [0.25, 0.3) is 0 Å². The summed E-state index contributed by atoms with van der Waals surface area (Å²) in [5.41, 5.74) is 6.89. The van der Waals surface area contributed by atoms with Crippen LogP contribution >= 0.6 is 15.9 Å². The molecule has 3 rings (SSSR count). The third-order valence-corrected chi connectivity index (χ3v) is 5.74. The molecule has 0 aromatic heterocycles. The molecule has 3 N–H and O–H groups in total. The van der Waals surface area contributed by atoms with Crippen LogP contribution in [-0.2, 0) is 10.3 Å². The first-order chi connectivity index (χ1) is 10.1. The zero-order valence-corrected chi connectivity index (χ0v) is 13.9. The lowest BCUT2D eigenvalue weighted by Gasteiger charge is -2.44. The molecule has 1 amide bonds. The van der Waals surface area contributed by atoms with E-state index in [4.69, 9.17) is 5.73 Å². The van der Waals surface area contributed by atoms with Gasteiger partial charge in [0.2, 0.25) is 5.91 Å². The number of amides is 1. The first-order valence-electron chi connectivity index (χ1n) is 7.93. The van der Waals surface area contributed by atoms with Gasteiger partial charge in [0, 0.05) is 10.4 Å². The summed E-state index contributed by atoms with van der Waals surface area (Å²) >= 11 is 3.53. The van der Waals surface area contributed by atoms with Gasteiger partial charge in [0.1, 0.15) is 0 Å². The number of rotatable bonds is 4. The zero-order chi connectivity index (χ0) is 14.9. The highest BCUT2D eigenvalue weighted by atomic mass is 79.9. The second-order valence-electron chi connectivity index (χ2n) is 6.47. The number of carbonyl (C=O) groups excluding carboxylic acids is 1. The molecule has 0 unspecified atom stereocenters. The van der Waals surface area contributed by atoms with E-state index in [1.807, 2.05) is 12.1 Å². The number of hydrogen-bond acceptors (Lipinski definition) is 2. The van der Waals surface area contributed by atoms with E-state index in [2.05, 4.69) is 33.4 Å². The molecule has 2 aliphatic rings. The molecule has 114 valence electrons. The van der Waals surface area contributed by atoms with E-state index in [0.29, 0.717) is 12.5 Å². The van der Waals surface area contributed by atoms with Crippen molar-refractivity contribution in [3.8, 4) is 0 Å². The van der Waals surface area contributed by atoms with E-state index >= 15 is 0 Å². The van der Waals surface area contributed by atoms with Gasteiger partial charge < -0.3 is 11.1 Å². The van der Waals surface area contributed by atoms with Gasteiger partial charge in [-0.2, -0.15) is 0 Å². The Hall–Kier alpha value is -0.870. The monoisotopic (exact) mass is 350 g/mol. The standard InChI is InChI=1S/C17H23BrN2O/c18-14-6-2-5-13(10-14)17(8-3-9-17)20-16(21)15-7-1-4-12(15)11-19/h2,5-6,10,12,15H,1,3-4,7-9,11,19H2,(H,20,21)/t12-,15-/m1/s1. The molecular formula is C17H23BrN2O. The number of hydrogen-bond donors (Lipinski definition) is 2. The molecule has 2 aliphatic carbocycles. The Morgan fingerprint density at radius 2 is 2.14 bits per heavy atom. The molecular weight excluding hydrogens is 328 g/mol. The lowest BCUT2D eigenvalue weighted by molar-refractivity contribution is -0.129. The first-order valence-corrected chi connectivity index (χ1v) is 8.72. The van der Waals surface area contributed by atoms with E-state index in [1.54, 1.807) is 0 Å². The fourth-order valence-corrected chi connectivity index (χ4v) is 4.19. The number of benzene rings is 1. The highest BCUT2D eigenvalue weighted by Crippen LogP contribution is 2.43. The topological polar surface area (TPSA) is 55.1 Å². The fourth-order valence-electron chi connectivity index (χ4n) is 3.79. The Morgan fingerprint density at radius 1 is 1.33 bits per heavy atom. The van der Waals surface area contributed by atoms with Gasteiger partial charge in [0.25, 0.3) is 0 Å². The molecule has 1 aromatic carbocycles. The fraction of sp³-hybridized carbons (Fsp3) is 0.588. The third-order valence-electron chi connectivity index (χ3n) is 5.25. The molecule has 3 nitrogen and oxygen atoms in total. The average Bonchev–Trinajstić information content (AvgIpc) is 2.91. The predicted octanol–water partition coefficient (Wildman–Crippen LogP) is 3.32. The molecule has 1 aromatic rings. The number of nitrogens with two attached hydrogens (primary N) is 1. The zero-order valence-electron chi connectivity index (χ0n) is 12.3. The summed E-state index contributed by atoms with van der Waals surface area (Å²) in [7, 11) is 0. The number of nitrogens with one attached hydrogen (secondary N) is 1. The maximum Gasteiger partial charge on any atom is 0.224 e. The Balaban J connectivity index is 1.76. The van der Waals surface area contributed by atoms with Gasteiger partial charge in [-0.05, 0) is 62.3 Å². The van der Waals surface area contributed by atoms with Crippen molar-refractivity contribution >= 4 is 21.8 Å². The van der Waals surface area contributed by atoms with Crippen molar-refractivity contribution in [3.05, 3.63) is 34.3 Å². The van der Waals surface area contributed by atoms with Crippen molar-refractivity contribution in [2.24, 2.45) is 17.6 Å². The molecule has 4 heteroatoms.